The predicted molar refractivity (Wildman–Crippen MR) is 113 cm³/mol. The van der Waals surface area contributed by atoms with Gasteiger partial charge in [-0.15, -0.1) is 0 Å². The molecule has 4 rings (SSSR count). The van der Waals surface area contributed by atoms with Crippen molar-refractivity contribution in [1.29, 1.82) is 0 Å². The van der Waals surface area contributed by atoms with Gasteiger partial charge in [-0.25, -0.2) is 4.98 Å². The van der Waals surface area contributed by atoms with Crippen molar-refractivity contribution in [3.05, 3.63) is 89.7 Å². The van der Waals surface area contributed by atoms with Crippen molar-refractivity contribution in [3.8, 4) is 21.7 Å². The second kappa shape index (κ2) is 8.12. The zero-order valence-electron chi connectivity index (χ0n) is 14.2. The maximum absolute atomic E-state index is 6.04. The average Bonchev–Trinajstić information content (AvgIpc) is 3.14. The van der Waals surface area contributed by atoms with Crippen LogP contribution in [0.2, 0.25) is 5.02 Å². The van der Waals surface area contributed by atoms with Gasteiger partial charge in [0.25, 0.3) is 0 Å². The number of rotatable bonds is 5. The highest BCUT2D eigenvalue weighted by Crippen LogP contribution is 2.39. The van der Waals surface area contributed by atoms with Crippen LogP contribution < -0.4 is 5.43 Å². The van der Waals surface area contributed by atoms with Crippen LogP contribution in [0.5, 0.6) is 0 Å². The van der Waals surface area contributed by atoms with Crippen molar-refractivity contribution in [2.24, 2.45) is 5.10 Å². The van der Waals surface area contributed by atoms with Gasteiger partial charge in [-0.3, -0.25) is 10.4 Å². The number of hydrazone groups is 1. The minimum atomic E-state index is 0.711. The van der Waals surface area contributed by atoms with E-state index in [1.807, 2.05) is 60.7 Å². The zero-order valence-corrected chi connectivity index (χ0v) is 15.8. The molecule has 27 heavy (non-hydrogen) atoms. The quantitative estimate of drug-likeness (QED) is 0.337. The Kier molecular flexibility index (Phi) is 5.23. The van der Waals surface area contributed by atoms with E-state index >= 15 is 0 Å². The third kappa shape index (κ3) is 4.22. The number of hydrogen-bond donors (Lipinski definition) is 1. The fourth-order valence-electron chi connectivity index (χ4n) is 2.56. The van der Waals surface area contributed by atoms with Crippen LogP contribution >= 0.6 is 22.9 Å². The fraction of sp³-hybridized carbons (Fsp3) is 0. The Morgan fingerprint density at radius 1 is 0.889 bits per heavy atom. The number of anilines is 1. The molecule has 0 bridgehead atoms. The summed E-state index contributed by atoms with van der Waals surface area (Å²) < 4.78 is 0. The van der Waals surface area contributed by atoms with Crippen molar-refractivity contribution in [3.63, 3.8) is 0 Å². The van der Waals surface area contributed by atoms with Gasteiger partial charge in [0.05, 0.1) is 22.5 Å². The summed E-state index contributed by atoms with van der Waals surface area (Å²) in [6.45, 7) is 0. The molecule has 0 aliphatic carbocycles. The maximum atomic E-state index is 6.04. The first kappa shape index (κ1) is 17.4. The molecule has 2 aromatic carbocycles. The Morgan fingerprint density at radius 2 is 1.67 bits per heavy atom. The SMILES string of the molecule is Clc1ccc(-c2sc(NN=Cc3ccccn3)nc2-c2ccccc2)cc1. The Bertz CT molecular complexity index is 1040. The van der Waals surface area contributed by atoms with Crippen LogP contribution in [0.4, 0.5) is 5.13 Å². The summed E-state index contributed by atoms with van der Waals surface area (Å²) in [5.41, 5.74) is 6.83. The van der Waals surface area contributed by atoms with Crippen LogP contribution in [-0.2, 0) is 0 Å². The molecule has 0 aliphatic rings. The van der Waals surface area contributed by atoms with Crippen LogP contribution in [0.15, 0.2) is 84.1 Å². The van der Waals surface area contributed by atoms with Crippen LogP contribution in [0, 0.1) is 0 Å². The van der Waals surface area contributed by atoms with Crippen molar-refractivity contribution >= 4 is 34.3 Å². The molecule has 0 radical (unpaired) electrons. The third-order valence-electron chi connectivity index (χ3n) is 3.83. The highest BCUT2D eigenvalue weighted by molar-refractivity contribution is 7.19. The highest BCUT2D eigenvalue weighted by Gasteiger charge is 2.14. The molecule has 0 amide bonds. The van der Waals surface area contributed by atoms with Crippen molar-refractivity contribution < 1.29 is 0 Å². The summed E-state index contributed by atoms with van der Waals surface area (Å²) in [6.07, 6.45) is 3.41. The highest BCUT2D eigenvalue weighted by atomic mass is 35.5. The maximum Gasteiger partial charge on any atom is 0.204 e. The Hall–Kier alpha value is -3.02. The van der Waals surface area contributed by atoms with Gasteiger partial charge in [0, 0.05) is 16.8 Å². The summed E-state index contributed by atoms with van der Waals surface area (Å²) in [5, 5.41) is 5.68. The number of hydrogen-bond acceptors (Lipinski definition) is 5. The summed E-state index contributed by atoms with van der Waals surface area (Å²) in [4.78, 5) is 10.0. The normalized spacial score (nSPS) is 11.0. The molecule has 2 aromatic heterocycles. The lowest BCUT2D eigenvalue weighted by molar-refractivity contribution is 1.26. The third-order valence-corrected chi connectivity index (χ3v) is 5.09. The second-order valence-electron chi connectivity index (χ2n) is 5.69. The first-order valence-electron chi connectivity index (χ1n) is 8.32. The minimum Gasteiger partial charge on any atom is -0.255 e. The summed E-state index contributed by atoms with van der Waals surface area (Å²) in [6, 6.07) is 23.6. The van der Waals surface area contributed by atoms with E-state index in [-0.39, 0.29) is 0 Å². The lowest BCUT2D eigenvalue weighted by Gasteiger charge is -2.02. The van der Waals surface area contributed by atoms with Gasteiger partial charge in [-0.05, 0) is 29.8 Å². The minimum absolute atomic E-state index is 0.711. The zero-order chi connectivity index (χ0) is 18.5. The largest absolute Gasteiger partial charge is 0.255 e. The van der Waals surface area contributed by atoms with Crippen molar-refractivity contribution in [1.82, 2.24) is 9.97 Å². The molecule has 132 valence electrons. The Balaban J connectivity index is 1.67. The van der Waals surface area contributed by atoms with E-state index in [0.29, 0.717) is 10.2 Å². The van der Waals surface area contributed by atoms with Crippen molar-refractivity contribution in [2.75, 3.05) is 5.43 Å². The van der Waals surface area contributed by atoms with Gasteiger partial charge in [0.2, 0.25) is 5.13 Å². The van der Waals surface area contributed by atoms with Crippen LogP contribution in [0.3, 0.4) is 0 Å². The summed E-state index contributed by atoms with van der Waals surface area (Å²) in [7, 11) is 0. The van der Waals surface area contributed by atoms with E-state index in [1.165, 1.54) is 0 Å². The molecule has 4 aromatic rings. The van der Waals surface area contributed by atoms with Gasteiger partial charge in [-0.1, -0.05) is 71.5 Å². The molecule has 4 nitrogen and oxygen atoms in total. The first-order valence-corrected chi connectivity index (χ1v) is 9.51. The first-order chi connectivity index (χ1) is 13.3. The molecule has 0 atom stereocenters. The average molecular weight is 391 g/mol. The van der Waals surface area contributed by atoms with Crippen LogP contribution in [-0.4, -0.2) is 16.2 Å². The van der Waals surface area contributed by atoms with Gasteiger partial charge in [0.15, 0.2) is 0 Å². The monoisotopic (exact) mass is 390 g/mol. The molecule has 0 aliphatic heterocycles. The van der Waals surface area contributed by atoms with E-state index in [2.05, 4.69) is 27.6 Å². The van der Waals surface area contributed by atoms with Crippen molar-refractivity contribution in [2.45, 2.75) is 0 Å². The molecule has 1 N–H and O–H groups in total. The summed E-state index contributed by atoms with van der Waals surface area (Å²) >= 11 is 7.59. The van der Waals surface area contributed by atoms with Gasteiger partial charge < -0.3 is 0 Å². The van der Waals surface area contributed by atoms with E-state index in [1.54, 1.807) is 23.7 Å². The number of halogens is 1. The molecule has 0 spiro atoms. The molecule has 2 heterocycles. The molecule has 6 heteroatoms. The molecule has 0 unspecified atom stereocenters. The summed E-state index contributed by atoms with van der Waals surface area (Å²) in [5.74, 6) is 0. The Morgan fingerprint density at radius 3 is 2.41 bits per heavy atom. The number of nitrogens with one attached hydrogen (secondary N) is 1. The number of thiazole rings is 1. The number of benzene rings is 2. The topological polar surface area (TPSA) is 50.2 Å². The van der Waals surface area contributed by atoms with E-state index in [0.717, 1.165) is 27.4 Å². The van der Waals surface area contributed by atoms with E-state index in [9.17, 15) is 0 Å². The standard InChI is InChI=1S/C21H15ClN4S/c22-17-11-9-16(10-12-17)20-19(15-6-2-1-3-7-15)25-21(27-20)26-24-14-18-8-4-5-13-23-18/h1-14H,(H,25,26). The Labute approximate surface area is 166 Å². The molecular formula is C21H15ClN4S. The van der Waals surface area contributed by atoms with E-state index < -0.39 is 0 Å². The predicted octanol–water partition coefficient (Wildman–Crippen LogP) is 5.97. The second-order valence-corrected chi connectivity index (χ2v) is 7.13. The lowest BCUT2D eigenvalue weighted by atomic mass is 10.1. The van der Waals surface area contributed by atoms with E-state index in [4.69, 9.17) is 16.6 Å². The van der Waals surface area contributed by atoms with Gasteiger partial charge >= 0.3 is 0 Å². The van der Waals surface area contributed by atoms with Gasteiger partial charge in [0.1, 0.15) is 0 Å². The molecule has 0 saturated carbocycles. The van der Waals surface area contributed by atoms with Gasteiger partial charge in [-0.2, -0.15) is 5.10 Å². The number of aromatic nitrogens is 2. The molecule has 0 fully saturated rings. The lowest BCUT2D eigenvalue weighted by Crippen LogP contribution is -1.91. The molecular weight excluding hydrogens is 376 g/mol. The number of pyridine rings is 1. The van der Waals surface area contributed by atoms with Crippen LogP contribution in [0.1, 0.15) is 5.69 Å². The fourth-order valence-corrected chi connectivity index (χ4v) is 3.63. The van der Waals surface area contributed by atoms with Crippen LogP contribution in [0.25, 0.3) is 21.7 Å². The smallest absolute Gasteiger partial charge is 0.204 e. The molecule has 0 saturated heterocycles. The number of nitrogens with zero attached hydrogens (tertiary/aromatic N) is 3.